The van der Waals surface area contributed by atoms with Gasteiger partial charge in [-0.25, -0.2) is 0 Å². The second-order valence-corrected chi connectivity index (χ2v) is 14.2. The molecule has 0 aliphatic rings. The topological polar surface area (TPSA) is 161 Å². The fraction of sp³-hybridized carbons (Fsp3) is 0.500. The third-order valence-corrected chi connectivity index (χ3v) is 8.05. The Morgan fingerprint density at radius 2 is 1.00 bits per heavy atom. The van der Waals surface area contributed by atoms with Crippen LogP contribution in [0, 0.1) is 0 Å². The Morgan fingerprint density at radius 1 is 0.684 bits per heavy atom. The van der Waals surface area contributed by atoms with Gasteiger partial charge in [-0.3, -0.25) is 18.0 Å². The van der Waals surface area contributed by atoms with E-state index in [1.54, 1.807) is 42.3 Å². The van der Waals surface area contributed by atoms with Crippen LogP contribution in [-0.4, -0.2) is 116 Å². The first kappa shape index (κ1) is 31.6. The molecule has 38 heavy (non-hydrogen) atoms. The van der Waals surface area contributed by atoms with Crippen LogP contribution < -0.4 is 0 Å². The number of carboxylic acid groups (broad SMARTS) is 2. The largest absolute Gasteiger partial charge is 0.481 e. The van der Waals surface area contributed by atoms with Gasteiger partial charge in [0.25, 0.3) is 20.2 Å². The number of hydrogen-bond donors (Lipinski definition) is 2. The van der Waals surface area contributed by atoms with Crippen molar-refractivity contribution in [2.24, 2.45) is 0 Å². The molecule has 2 aromatic carbocycles. The van der Waals surface area contributed by atoms with Crippen LogP contribution in [-0.2, 0) is 38.2 Å². The van der Waals surface area contributed by atoms with Crippen LogP contribution in [0.1, 0.15) is 12.8 Å². The standard InChI is InChI=1S/C24H34N2O10S2/c1-25(2,3)15-17(13-23(27)28)35-37(31,32)21-11-7-10-20-19(21)9-8-12-22(20)38(33,34)36-18(14-24(29)30)16-26(4,5)6/h7-12,17-18H,13-16H2,1-6H3/p+2/t17-,18-/m1/s1. The minimum Gasteiger partial charge on any atom is -0.481 e. The first-order valence-corrected chi connectivity index (χ1v) is 14.4. The molecule has 12 nitrogen and oxygen atoms in total. The van der Waals surface area contributed by atoms with E-state index in [0.717, 1.165) is 0 Å². The number of quaternary nitrogens is 2. The number of hydrogen-bond acceptors (Lipinski definition) is 8. The lowest BCUT2D eigenvalue weighted by molar-refractivity contribution is -0.873. The molecule has 0 aliphatic heterocycles. The average Bonchev–Trinajstić information content (AvgIpc) is 2.68. The van der Waals surface area contributed by atoms with Gasteiger partial charge >= 0.3 is 11.9 Å². The summed E-state index contributed by atoms with van der Waals surface area (Å²) in [7, 11) is 1.52. The summed E-state index contributed by atoms with van der Waals surface area (Å²) in [5.74, 6) is -2.46. The van der Waals surface area contributed by atoms with Crippen molar-refractivity contribution in [3.05, 3.63) is 36.4 Å². The summed E-state index contributed by atoms with van der Waals surface area (Å²) in [6, 6.07) is 7.95. The van der Waals surface area contributed by atoms with Gasteiger partial charge in [0.1, 0.15) is 35.1 Å². The van der Waals surface area contributed by atoms with E-state index >= 15 is 0 Å². The molecule has 14 heteroatoms. The quantitative estimate of drug-likeness (QED) is 0.248. The maximum Gasteiger partial charge on any atom is 0.306 e. The maximum atomic E-state index is 13.3. The highest BCUT2D eigenvalue weighted by atomic mass is 32.2. The number of carboxylic acids is 2. The maximum absolute atomic E-state index is 13.3. The second kappa shape index (κ2) is 11.6. The molecule has 0 unspecified atom stereocenters. The summed E-state index contributed by atoms with van der Waals surface area (Å²) < 4.78 is 64.2. The highest BCUT2D eigenvalue weighted by Gasteiger charge is 2.32. The number of carbonyl (C=O) groups is 2. The van der Waals surface area contributed by atoms with E-state index < -0.39 is 57.2 Å². The van der Waals surface area contributed by atoms with Gasteiger partial charge in [0, 0.05) is 10.8 Å². The van der Waals surface area contributed by atoms with Crippen LogP contribution in [0.4, 0.5) is 0 Å². The zero-order chi connectivity index (χ0) is 29.1. The Hall–Kier alpha value is -2.62. The van der Waals surface area contributed by atoms with E-state index in [2.05, 4.69) is 0 Å². The molecule has 0 heterocycles. The number of fused-ring (bicyclic) bond motifs is 1. The van der Waals surface area contributed by atoms with Crippen molar-refractivity contribution < 1.29 is 54.0 Å². The first-order valence-electron chi connectivity index (χ1n) is 11.6. The Balaban J connectivity index is 2.55. The molecule has 0 aliphatic carbocycles. The smallest absolute Gasteiger partial charge is 0.306 e. The molecule has 0 bridgehead atoms. The zero-order valence-corrected chi connectivity index (χ0v) is 24.0. The summed E-state index contributed by atoms with van der Waals surface area (Å²) in [5, 5.41) is 18.5. The molecule has 2 atom stereocenters. The molecule has 2 N–H and O–H groups in total. The number of nitrogens with zero attached hydrogens (tertiary/aromatic N) is 2. The van der Waals surface area contributed by atoms with Crippen molar-refractivity contribution in [2.45, 2.75) is 34.8 Å². The van der Waals surface area contributed by atoms with Crippen LogP contribution in [0.25, 0.3) is 10.8 Å². The van der Waals surface area contributed by atoms with Gasteiger partial charge in [-0.15, -0.1) is 0 Å². The lowest BCUT2D eigenvalue weighted by Gasteiger charge is -2.28. The predicted molar refractivity (Wildman–Crippen MR) is 138 cm³/mol. The first-order chi connectivity index (χ1) is 17.2. The lowest BCUT2D eigenvalue weighted by Crippen LogP contribution is -2.43. The number of aliphatic carboxylic acids is 2. The molecule has 0 aromatic heterocycles. The van der Waals surface area contributed by atoms with Gasteiger partial charge < -0.3 is 19.2 Å². The summed E-state index contributed by atoms with van der Waals surface area (Å²) >= 11 is 0. The minimum absolute atomic E-state index is 0.0258. The van der Waals surface area contributed by atoms with Gasteiger partial charge in [0.05, 0.1) is 55.1 Å². The van der Waals surface area contributed by atoms with E-state index in [-0.39, 0.29) is 42.6 Å². The normalized spacial score (nSPS) is 14.8. The van der Waals surface area contributed by atoms with Crippen LogP contribution >= 0.6 is 0 Å². The lowest BCUT2D eigenvalue weighted by atomic mass is 10.1. The minimum atomic E-state index is -4.52. The van der Waals surface area contributed by atoms with Crippen LogP contribution in [0.15, 0.2) is 46.2 Å². The fourth-order valence-corrected chi connectivity index (χ4v) is 6.59. The molecule has 0 saturated carbocycles. The molecule has 2 aromatic rings. The number of rotatable bonds is 14. The van der Waals surface area contributed by atoms with Crippen molar-refractivity contribution in [3.63, 3.8) is 0 Å². The van der Waals surface area contributed by atoms with Crippen molar-refractivity contribution >= 4 is 42.9 Å². The number of likely N-dealkylation sites (N-methyl/N-ethyl adjacent to an activating group) is 2. The summed E-state index contributed by atoms with van der Waals surface area (Å²) in [4.78, 5) is 22.0. The predicted octanol–water partition coefficient (Wildman–Crippen LogP) is 1.35. The molecule has 0 spiro atoms. The monoisotopic (exact) mass is 576 g/mol. The van der Waals surface area contributed by atoms with Gasteiger partial charge in [-0.05, 0) is 12.1 Å². The fourth-order valence-electron chi connectivity index (χ4n) is 4.02. The third-order valence-electron chi connectivity index (χ3n) is 5.21. The van der Waals surface area contributed by atoms with Crippen LogP contribution in [0.2, 0.25) is 0 Å². The van der Waals surface area contributed by atoms with Crippen molar-refractivity contribution in [3.8, 4) is 0 Å². The van der Waals surface area contributed by atoms with Gasteiger partial charge in [0.15, 0.2) is 0 Å². The molecule has 0 saturated heterocycles. The summed E-state index contributed by atoms with van der Waals surface area (Å²) in [6.07, 6.45) is -3.44. The Labute approximate surface area is 223 Å². The molecule has 0 radical (unpaired) electrons. The van der Waals surface area contributed by atoms with E-state index in [9.17, 15) is 36.6 Å². The highest BCUT2D eigenvalue weighted by Crippen LogP contribution is 2.31. The van der Waals surface area contributed by atoms with Crippen LogP contribution in [0.3, 0.4) is 0 Å². The molecule has 2 rings (SSSR count). The zero-order valence-electron chi connectivity index (χ0n) is 22.3. The molecule has 212 valence electrons. The molecule has 0 amide bonds. The van der Waals surface area contributed by atoms with Crippen molar-refractivity contribution in [1.82, 2.24) is 0 Å². The third kappa shape index (κ3) is 9.29. The Kier molecular flexibility index (Phi) is 9.67. The summed E-state index contributed by atoms with van der Waals surface area (Å²) in [6.45, 7) is 0.169. The van der Waals surface area contributed by atoms with Gasteiger partial charge in [0.2, 0.25) is 0 Å². The SMILES string of the molecule is C[N+](C)(C)C[C@@H](CC(=O)O)OS(=O)(=O)c1cccc2c(S(=O)(=O)O[C@H](CC(=O)O)C[N+](C)(C)C)cccc12. The van der Waals surface area contributed by atoms with Crippen LogP contribution in [0.5, 0.6) is 0 Å². The van der Waals surface area contributed by atoms with Crippen molar-refractivity contribution in [2.75, 3.05) is 55.4 Å². The van der Waals surface area contributed by atoms with E-state index in [4.69, 9.17) is 8.37 Å². The molecule has 0 fully saturated rings. The highest BCUT2D eigenvalue weighted by molar-refractivity contribution is 7.87. The Bertz CT molecular complexity index is 1280. The molecular weight excluding hydrogens is 540 g/mol. The van der Waals surface area contributed by atoms with E-state index in [1.165, 1.54) is 36.4 Å². The molecular formula is C24H36N2O10S2+2. The van der Waals surface area contributed by atoms with Crippen molar-refractivity contribution in [1.29, 1.82) is 0 Å². The number of benzene rings is 2. The second-order valence-electron chi connectivity index (χ2n) is 11.1. The summed E-state index contributed by atoms with van der Waals surface area (Å²) in [5.41, 5.74) is 0. The van der Waals surface area contributed by atoms with Gasteiger partial charge in [-0.1, -0.05) is 24.3 Å². The van der Waals surface area contributed by atoms with E-state index in [1.807, 2.05) is 0 Å². The average molecular weight is 577 g/mol. The van der Waals surface area contributed by atoms with E-state index in [0.29, 0.717) is 0 Å². The van der Waals surface area contributed by atoms with Gasteiger partial charge in [-0.2, -0.15) is 16.8 Å². The Morgan fingerprint density at radius 3 is 1.26 bits per heavy atom.